The van der Waals surface area contributed by atoms with Gasteiger partial charge in [0, 0.05) is 19.3 Å². The maximum Gasteiger partial charge on any atom is 0.408 e. The Labute approximate surface area is 440 Å². The van der Waals surface area contributed by atoms with Gasteiger partial charge in [-0.3, -0.25) is 38.4 Å². The summed E-state index contributed by atoms with van der Waals surface area (Å²) in [5, 5.41) is 12.3. The molecule has 0 radical (unpaired) electrons. The molecule has 6 amide bonds. The minimum Gasteiger partial charge on any atom is -0.461 e. The molecule has 0 saturated heterocycles. The van der Waals surface area contributed by atoms with Crippen LogP contribution in [0.5, 0.6) is 0 Å². The molecule has 76 heavy (non-hydrogen) atoms. The average Bonchev–Trinajstić information content (AvgIpc) is 3.39. The number of primary amides is 1. The molecule has 21 nitrogen and oxygen atoms in total. The van der Waals surface area contributed by atoms with Crippen LogP contribution in [0.1, 0.15) is 94.9 Å². The van der Waals surface area contributed by atoms with Crippen LogP contribution in [-0.4, -0.2) is 95.3 Å². The smallest absolute Gasteiger partial charge is 0.408 e. The normalized spacial score (nSPS) is 12.8. The van der Waals surface area contributed by atoms with Crippen LogP contribution >= 0.6 is 0 Å². The van der Waals surface area contributed by atoms with E-state index < -0.39 is 127 Å². The first-order valence-electron chi connectivity index (χ1n) is 24.5. The molecule has 0 bridgehead atoms. The number of hydrogen-bond acceptors (Lipinski definition) is 15. The third kappa shape index (κ3) is 23.5. The van der Waals surface area contributed by atoms with E-state index in [4.69, 9.17) is 29.4 Å². The molecule has 5 atom stereocenters. The molecule has 0 spiro atoms. The lowest BCUT2D eigenvalue weighted by molar-refractivity contribution is -0.151. The van der Waals surface area contributed by atoms with Crippen LogP contribution in [0.15, 0.2) is 121 Å². The van der Waals surface area contributed by atoms with Gasteiger partial charge < -0.3 is 56.0 Å². The molecule has 406 valence electrons. The number of carbonyl (C=O) groups is 10. The fraction of sp³-hybridized carbons (Fsp3) is 0.382. The summed E-state index contributed by atoms with van der Waals surface area (Å²) in [5.41, 5.74) is 7.10. The van der Waals surface area contributed by atoms with Crippen molar-refractivity contribution in [2.24, 2.45) is 5.73 Å². The molecule has 0 aliphatic heterocycles. The molecule has 0 aliphatic rings. The first kappa shape index (κ1) is 59.9. The summed E-state index contributed by atoms with van der Waals surface area (Å²) in [5.74, 6) is -8.19. The molecule has 0 aliphatic carbocycles. The molecule has 0 aromatic heterocycles. The maximum atomic E-state index is 14.1. The van der Waals surface area contributed by atoms with E-state index in [0.29, 0.717) is 22.3 Å². The fourth-order valence-corrected chi connectivity index (χ4v) is 6.92. The number of nitrogens with one attached hydrogen (secondary N) is 5. The third-order valence-electron chi connectivity index (χ3n) is 10.9. The topological polar surface area (TPSA) is 303 Å². The van der Waals surface area contributed by atoms with Crippen LogP contribution in [0.25, 0.3) is 0 Å². The second-order valence-corrected chi connectivity index (χ2v) is 18.4. The van der Waals surface area contributed by atoms with Crippen LogP contribution < -0.4 is 32.3 Å². The van der Waals surface area contributed by atoms with Gasteiger partial charge in [-0.25, -0.2) is 9.59 Å². The lowest BCUT2D eigenvalue weighted by Crippen LogP contribution is -2.58. The van der Waals surface area contributed by atoms with E-state index in [1.54, 1.807) is 142 Å². The van der Waals surface area contributed by atoms with E-state index in [-0.39, 0.29) is 39.3 Å². The first-order valence-corrected chi connectivity index (χ1v) is 24.5. The molecule has 21 heteroatoms. The molecule has 4 aromatic rings. The number of rotatable bonds is 29. The summed E-state index contributed by atoms with van der Waals surface area (Å²) >= 11 is 0. The number of hydrogen-bond donors (Lipinski definition) is 6. The standard InChI is InChI=1S/C55H66N6O15/c1-36(49(66)58-42(26-29-47(64)73-33-38-19-11-6-12-20-38)51(68)60-44(31-45(56)62)53(70)75-35-40-23-15-8-16-24-40)57-50(67)41(25-28-46(63)72-32-37-17-9-5-10-18-37)59-52(69)43(61-54(71)76-55(2,3)4)27-30-48(65)74-34-39-21-13-7-14-22-39/h5-24,36,41-44H,25-35H2,1-4H3,(H2,56,62)(H,57,67)(H,58,66)(H,59,69)(H,60,68)(H,61,71)/t36-,41-,42-,43-,44-/m0/s1. The van der Waals surface area contributed by atoms with E-state index in [2.05, 4.69) is 26.6 Å². The molecule has 7 N–H and O–H groups in total. The van der Waals surface area contributed by atoms with Gasteiger partial charge >= 0.3 is 30.0 Å². The van der Waals surface area contributed by atoms with Gasteiger partial charge in [-0.1, -0.05) is 121 Å². The van der Waals surface area contributed by atoms with Gasteiger partial charge in [0.05, 0.1) is 6.42 Å². The fourth-order valence-electron chi connectivity index (χ4n) is 6.92. The molecular weight excluding hydrogens is 985 g/mol. The van der Waals surface area contributed by atoms with Gasteiger partial charge in [0.2, 0.25) is 29.5 Å². The van der Waals surface area contributed by atoms with Gasteiger partial charge in [-0.2, -0.15) is 0 Å². The van der Waals surface area contributed by atoms with Crippen molar-refractivity contribution < 1.29 is 71.6 Å². The highest BCUT2D eigenvalue weighted by Gasteiger charge is 2.34. The molecule has 4 rings (SSSR count). The van der Waals surface area contributed by atoms with Crippen molar-refractivity contribution in [1.29, 1.82) is 0 Å². The SMILES string of the molecule is C[C@H](NC(=O)[C@H](CCC(=O)OCc1ccccc1)NC(=O)[C@H](CCC(=O)OCc1ccccc1)NC(=O)OC(C)(C)C)C(=O)N[C@@H](CCC(=O)OCc1ccccc1)C(=O)N[C@@H](CC(N)=O)C(=O)OCc1ccccc1. The monoisotopic (exact) mass is 1050 g/mol. The summed E-state index contributed by atoms with van der Waals surface area (Å²) in [7, 11) is 0. The number of nitrogens with two attached hydrogens (primary N) is 1. The van der Waals surface area contributed by atoms with Crippen molar-refractivity contribution in [3.05, 3.63) is 144 Å². The number of amides is 6. The minimum atomic E-state index is -1.62. The van der Waals surface area contributed by atoms with Crippen molar-refractivity contribution in [2.45, 2.75) is 135 Å². The molecule has 0 saturated carbocycles. The largest absolute Gasteiger partial charge is 0.461 e. The lowest BCUT2D eigenvalue weighted by atomic mass is 10.1. The Hall–Kier alpha value is -8.62. The summed E-state index contributed by atoms with van der Waals surface area (Å²) in [4.78, 5) is 133. The lowest BCUT2D eigenvalue weighted by Gasteiger charge is -2.26. The predicted molar refractivity (Wildman–Crippen MR) is 273 cm³/mol. The zero-order valence-corrected chi connectivity index (χ0v) is 42.9. The first-order chi connectivity index (χ1) is 36.2. The Morgan fingerprint density at radius 3 is 1.11 bits per heavy atom. The zero-order chi connectivity index (χ0) is 55.5. The minimum absolute atomic E-state index is 0.0588. The molecule has 0 heterocycles. The Morgan fingerprint density at radius 2 is 0.750 bits per heavy atom. The van der Waals surface area contributed by atoms with Crippen molar-refractivity contribution in [3.8, 4) is 0 Å². The summed E-state index contributed by atoms with van der Waals surface area (Å²) in [6.07, 6.45) is -4.04. The molecule has 4 aromatic carbocycles. The Balaban J connectivity index is 1.53. The van der Waals surface area contributed by atoms with Crippen molar-refractivity contribution in [2.75, 3.05) is 0 Å². The Kier molecular flexibility index (Phi) is 24.6. The van der Waals surface area contributed by atoms with E-state index >= 15 is 0 Å². The van der Waals surface area contributed by atoms with E-state index in [1.807, 2.05) is 0 Å². The average molecular weight is 1050 g/mol. The van der Waals surface area contributed by atoms with Crippen LogP contribution in [0.3, 0.4) is 0 Å². The molecule has 0 unspecified atom stereocenters. The van der Waals surface area contributed by atoms with E-state index in [9.17, 15) is 47.9 Å². The number of ether oxygens (including phenoxy) is 5. The highest BCUT2D eigenvalue weighted by atomic mass is 16.6. The van der Waals surface area contributed by atoms with Crippen LogP contribution in [-0.2, 0) is 93.3 Å². The molecular formula is C55H66N6O15. The second-order valence-electron chi connectivity index (χ2n) is 18.4. The second kappa shape index (κ2) is 31.2. The van der Waals surface area contributed by atoms with E-state index in [0.717, 1.165) is 0 Å². The summed E-state index contributed by atoms with van der Waals surface area (Å²) in [6.45, 7) is 5.57. The van der Waals surface area contributed by atoms with Crippen molar-refractivity contribution in [3.63, 3.8) is 0 Å². The van der Waals surface area contributed by atoms with Crippen molar-refractivity contribution in [1.82, 2.24) is 26.6 Å². The van der Waals surface area contributed by atoms with E-state index in [1.165, 1.54) is 6.92 Å². The summed E-state index contributed by atoms with van der Waals surface area (Å²) in [6, 6.07) is 27.1. The van der Waals surface area contributed by atoms with Gasteiger partial charge in [0.25, 0.3) is 0 Å². The quantitative estimate of drug-likeness (QED) is 0.0331. The van der Waals surface area contributed by atoms with Crippen LogP contribution in [0, 0.1) is 0 Å². The van der Waals surface area contributed by atoms with Gasteiger partial charge in [0.15, 0.2) is 0 Å². The predicted octanol–water partition coefficient (Wildman–Crippen LogP) is 4.03. The Bertz CT molecular complexity index is 2560. The Morgan fingerprint density at radius 1 is 0.434 bits per heavy atom. The highest BCUT2D eigenvalue weighted by Crippen LogP contribution is 2.13. The maximum absolute atomic E-state index is 14.1. The van der Waals surface area contributed by atoms with Gasteiger partial charge in [-0.05, 0) is 69.2 Å². The van der Waals surface area contributed by atoms with Crippen LogP contribution in [0.2, 0.25) is 0 Å². The molecule has 0 fully saturated rings. The third-order valence-corrected chi connectivity index (χ3v) is 10.9. The number of benzene rings is 4. The highest BCUT2D eigenvalue weighted by molar-refractivity contribution is 5.96. The number of alkyl carbamates (subject to hydrolysis) is 1. The van der Waals surface area contributed by atoms with Crippen molar-refractivity contribution >= 4 is 59.5 Å². The number of carbonyl (C=O) groups excluding carboxylic acids is 10. The number of esters is 4. The zero-order valence-electron chi connectivity index (χ0n) is 42.9. The van der Waals surface area contributed by atoms with Crippen LogP contribution in [0.4, 0.5) is 4.79 Å². The summed E-state index contributed by atoms with van der Waals surface area (Å²) < 4.78 is 26.8. The van der Waals surface area contributed by atoms with Gasteiger partial charge in [-0.15, -0.1) is 0 Å². The van der Waals surface area contributed by atoms with Gasteiger partial charge in [0.1, 0.15) is 62.2 Å².